The zero-order valence-corrected chi connectivity index (χ0v) is 12.1. The summed E-state index contributed by atoms with van der Waals surface area (Å²) in [5.41, 5.74) is 2.93. The fourth-order valence-electron chi connectivity index (χ4n) is 4.22. The van der Waals surface area contributed by atoms with Crippen LogP contribution in [-0.4, -0.2) is 17.6 Å². The van der Waals surface area contributed by atoms with E-state index >= 15 is 0 Å². The fourth-order valence-corrected chi connectivity index (χ4v) is 4.22. The first kappa shape index (κ1) is 13.1. The third-order valence-electron chi connectivity index (χ3n) is 5.04. The lowest BCUT2D eigenvalue weighted by molar-refractivity contribution is 0.212. The Bertz CT molecular complexity index is 413. The molecule has 104 valence electrons. The lowest BCUT2D eigenvalue weighted by atomic mass is 9.70. The van der Waals surface area contributed by atoms with E-state index in [9.17, 15) is 0 Å². The van der Waals surface area contributed by atoms with Crippen LogP contribution in [0, 0.1) is 5.92 Å². The van der Waals surface area contributed by atoms with Gasteiger partial charge in [0.25, 0.3) is 0 Å². The predicted octanol–water partition coefficient (Wildman–Crippen LogP) is 3.67. The first-order chi connectivity index (χ1) is 9.40. The van der Waals surface area contributed by atoms with Crippen molar-refractivity contribution in [3.63, 3.8) is 0 Å². The second kappa shape index (κ2) is 6.04. The maximum absolute atomic E-state index is 4.74. The SMILES string of the molecule is CCNC1CCCCC1C1CCCc2cccnc21. The Kier molecular flexibility index (Phi) is 4.17. The molecule has 2 aliphatic carbocycles. The van der Waals surface area contributed by atoms with E-state index in [0.29, 0.717) is 5.92 Å². The Balaban J connectivity index is 1.84. The summed E-state index contributed by atoms with van der Waals surface area (Å²) in [7, 11) is 0. The van der Waals surface area contributed by atoms with Gasteiger partial charge in [0.05, 0.1) is 0 Å². The molecule has 0 bridgehead atoms. The average Bonchev–Trinajstić information content (AvgIpc) is 2.48. The van der Waals surface area contributed by atoms with Gasteiger partial charge in [0.2, 0.25) is 0 Å². The molecule has 0 amide bonds. The number of aryl methyl sites for hydroxylation is 1. The molecule has 1 aromatic heterocycles. The number of aromatic nitrogens is 1. The van der Waals surface area contributed by atoms with E-state index in [1.807, 2.05) is 6.20 Å². The van der Waals surface area contributed by atoms with Crippen LogP contribution < -0.4 is 5.32 Å². The molecule has 0 saturated heterocycles. The van der Waals surface area contributed by atoms with Crippen LogP contribution in [0.4, 0.5) is 0 Å². The van der Waals surface area contributed by atoms with E-state index in [2.05, 4.69) is 24.4 Å². The highest BCUT2D eigenvalue weighted by Crippen LogP contribution is 2.42. The van der Waals surface area contributed by atoms with Crippen LogP contribution >= 0.6 is 0 Å². The molecule has 1 N–H and O–H groups in total. The Morgan fingerprint density at radius 1 is 1.21 bits per heavy atom. The maximum Gasteiger partial charge on any atom is 0.0469 e. The molecule has 1 saturated carbocycles. The number of hydrogen-bond acceptors (Lipinski definition) is 2. The predicted molar refractivity (Wildman–Crippen MR) is 79.3 cm³/mol. The summed E-state index contributed by atoms with van der Waals surface area (Å²) in [5, 5.41) is 3.73. The summed E-state index contributed by atoms with van der Waals surface area (Å²) in [4.78, 5) is 4.74. The van der Waals surface area contributed by atoms with Crippen molar-refractivity contribution in [3.8, 4) is 0 Å². The summed E-state index contributed by atoms with van der Waals surface area (Å²) >= 11 is 0. The fraction of sp³-hybridized carbons (Fsp3) is 0.706. The number of pyridine rings is 1. The minimum atomic E-state index is 0.703. The normalized spacial score (nSPS) is 30.9. The van der Waals surface area contributed by atoms with Crippen molar-refractivity contribution in [2.45, 2.75) is 63.8 Å². The van der Waals surface area contributed by atoms with Gasteiger partial charge in [-0.2, -0.15) is 0 Å². The van der Waals surface area contributed by atoms with Gasteiger partial charge in [-0.05, 0) is 56.2 Å². The maximum atomic E-state index is 4.74. The molecule has 2 aliphatic rings. The molecule has 2 heteroatoms. The molecule has 0 spiro atoms. The molecule has 3 atom stereocenters. The number of rotatable bonds is 3. The van der Waals surface area contributed by atoms with Crippen molar-refractivity contribution in [1.82, 2.24) is 10.3 Å². The minimum Gasteiger partial charge on any atom is -0.314 e. The standard InChI is InChI=1S/C17H26N2/c1-2-18-16-11-4-3-9-14(16)15-10-5-7-13-8-6-12-19-17(13)15/h6,8,12,14-16,18H,2-5,7,9-11H2,1H3. The average molecular weight is 258 g/mol. The van der Waals surface area contributed by atoms with Crippen LogP contribution in [0.2, 0.25) is 0 Å². The molecular weight excluding hydrogens is 232 g/mol. The van der Waals surface area contributed by atoms with E-state index in [1.54, 1.807) is 0 Å². The van der Waals surface area contributed by atoms with Crippen molar-refractivity contribution in [3.05, 3.63) is 29.6 Å². The first-order valence-electron chi connectivity index (χ1n) is 8.07. The highest BCUT2D eigenvalue weighted by atomic mass is 14.9. The van der Waals surface area contributed by atoms with Crippen LogP contribution in [0.15, 0.2) is 18.3 Å². The first-order valence-corrected chi connectivity index (χ1v) is 8.07. The Hall–Kier alpha value is -0.890. The summed E-state index contributed by atoms with van der Waals surface area (Å²) in [6, 6.07) is 5.11. The van der Waals surface area contributed by atoms with Crippen molar-refractivity contribution in [2.75, 3.05) is 6.54 Å². The third kappa shape index (κ3) is 2.69. The largest absolute Gasteiger partial charge is 0.314 e. The topological polar surface area (TPSA) is 24.9 Å². The summed E-state index contributed by atoms with van der Waals surface area (Å²) < 4.78 is 0. The van der Waals surface area contributed by atoms with Crippen LogP contribution in [0.3, 0.4) is 0 Å². The summed E-state index contributed by atoms with van der Waals surface area (Å²) in [6.45, 7) is 3.34. The van der Waals surface area contributed by atoms with Gasteiger partial charge in [0, 0.05) is 23.9 Å². The van der Waals surface area contributed by atoms with Gasteiger partial charge >= 0.3 is 0 Å². The molecule has 0 aliphatic heterocycles. The molecule has 19 heavy (non-hydrogen) atoms. The summed E-state index contributed by atoms with van der Waals surface area (Å²) in [5.74, 6) is 1.51. The molecule has 3 unspecified atom stereocenters. The van der Waals surface area contributed by atoms with Gasteiger partial charge in [-0.3, -0.25) is 4.98 Å². The highest BCUT2D eigenvalue weighted by Gasteiger charge is 2.35. The lowest BCUT2D eigenvalue weighted by Crippen LogP contribution is -2.42. The van der Waals surface area contributed by atoms with E-state index in [0.717, 1.165) is 18.5 Å². The third-order valence-corrected chi connectivity index (χ3v) is 5.04. The van der Waals surface area contributed by atoms with Gasteiger partial charge in [0.15, 0.2) is 0 Å². The number of nitrogens with zero attached hydrogens (tertiary/aromatic N) is 1. The smallest absolute Gasteiger partial charge is 0.0469 e. The van der Waals surface area contributed by atoms with Crippen LogP contribution in [-0.2, 0) is 6.42 Å². The highest BCUT2D eigenvalue weighted by molar-refractivity contribution is 5.27. The zero-order valence-electron chi connectivity index (χ0n) is 12.1. The van der Waals surface area contributed by atoms with E-state index in [1.165, 1.54) is 56.2 Å². The Morgan fingerprint density at radius 3 is 3.00 bits per heavy atom. The molecule has 1 heterocycles. The van der Waals surface area contributed by atoms with Crippen molar-refractivity contribution < 1.29 is 0 Å². The Morgan fingerprint density at radius 2 is 2.11 bits per heavy atom. The van der Waals surface area contributed by atoms with Crippen molar-refractivity contribution >= 4 is 0 Å². The van der Waals surface area contributed by atoms with Gasteiger partial charge in [-0.1, -0.05) is 25.8 Å². The van der Waals surface area contributed by atoms with Crippen LogP contribution in [0.1, 0.15) is 62.6 Å². The molecular formula is C17H26N2. The zero-order chi connectivity index (χ0) is 13.1. The molecule has 0 aromatic carbocycles. The van der Waals surface area contributed by atoms with Crippen molar-refractivity contribution in [2.24, 2.45) is 5.92 Å². The van der Waals surface area contributed by atoms with Gasteiger partial charge in [-0.25, -0.2) is 0 Å². The van der Waals surface area contributed by atoms with Gasteiger partial charge in [-0.15, -0.1) is 0 Å². The van der Waals surface area contributed by atoms with Crippen LogP contribution in [0.5, 0.6) is 0 Å². The second-order valence-corrected chi connectivity index (χ2v) is 6.16. The van der Waals surface area contributed by atoms with Gasteiger partial charge in [0.1, 0.15) is 0 Å². The van der Waals surface area contributed by atoms with E-state index in [4.69, 9.17) is 4.98 Å². The number of nitrogens with one attached hydrogen (secondary N) is 1. The van der Waals surface area contributed by atoms with E-state index < -0.39 is 0 Å². The molecule has 2 nitrogen and oxygen atoms in total. The van der Waals surface area contributed by atoms with Crippen LogP contribution in [0.25, 0.3) is 0 Å². The Labute approximate surface area is 117 Å². The second-order valence-electron chi connectivity index (χ2n) is 6.16. The molecule has 0 radical (unpaired) electrons. The van der Waals surface area contributed by atoms with Crippen molar-refractivity contribution in [1.29, 1.82) is 0 Å². The summed E-state index contributed by atoms with van der Waals surface area (Å²) in [6.07, 6.45) is 11.5. The molecule has 3 rings (SSSR count). The van der Waals surface area contributed by atoms with Gasteiger partial charge < -0.3 is 5.32 Å². The minimum absolute atomic E-state index is 0.703. The monoisotopic (exact) mass is 258 g/mol. The quantitative estimate of drug-likeness (QED) is 0.895. The lowest BCUT2D eigenvalue weighted by Gasteiger charge is -2.39. The molecule has 1 aromatic rings. The molecule has 1 fully saturated rings. The number of hydrogen-bond donors (Lipinski definition) is 1. The van der Waals surface area contributed by atoms with E-state index in [-0.39, 0.29) is 0 Å². The number of fused-ring (bicyclic) bond motifs is 1.